The van der Waals surface area contributed by atoms with Crippen LogP contribution in [0.1, 0.15) is 32.1 Å². The molecule has 0 aliphatic carbocycles. The van der Waals surface area contributed by atoms with E-state index in [0.717, 1.165) is 39.0 Å². The van der Waals surface area contributed by atoms with Crippen molar-refractivity contribution in [2.24, 2.45) is 5.92 Å². The quantitative estimate of drug-likeness (QED) is 0.727. The van der Waals surface area contributed by atoms with Crippen LogP contribution in [0, 0.1) is 5.92 Å². The Labute approximate surface area is 114 Å². The van der Waals surface area contributed by atoms with E-state index >= 15 is 0 Å². The lowest BCUT2D eigenvalue weighted by Crippen LogP contribution is -2.31. The van der Waals surface area contributed by atoms with Gasteiger partial charge in [-0.3, -0.25) is 9.48 Å². The Balaban J connectivity index is 1.49. The maximum absolute atomic E-state index is 11.7. The van der Waals surface area contributed by atoms with Crippen LogP contribution >= 0.6 is 0 Å². The van der Waals surface area contributed by atoms with Crippen molar-refractivity contribution in [2.75, 3.05) is 19.6 Å². The van der Waals surface area contributed by atoms with E-state index in [9.17, 15) is 4.79 Å². The highest BCUT2D eigenvalue weighted by Crippen LogP contribution is 2.15. The van der Waals surface area contributed by atoms with Gasteiger partial charge in [0.15, 0.2) is 0 Å². The van der Waals surface area contributed by atoms with Crippen LogP contribution in [0.15, 0.2) is 18.5 Å². The molecule has 2 N–H and O–H groups in total. The zero-order valence-corrected chi connectivity index (χ0v) is 11.5. The molecule has 1 aliphatic rings. The van der Waals surface area contributed by atoms with E-state index in [0.29, 0.717) is 12.3 Å². The van der Waals surface area contributed by atoms with E-state index < -0.39 is 0 Å². The summed E-state index contributed by atoms with van der Waals surface area (Å²) in [5.74, 6) is 0.870. The number of aryl methyl sites for hydroxylation is 1. The molecule has 1 amide bonds. The number of hydrogen-bond donors (Lipinski definition) is 2. The fourth-order valence-corrected chi connectivity index (χ4v) is 2.50. The smallest absolute Gasteiger partial charge is 0.220 e. The van der Waals surface area contributed by atoms with Gasteiger partial charge in [0.2, 0.25) is 5.91 Å². The van der Waals surface area contributed by atoms with Crippen LogP contribution in [0.5, 0.6) is 0 Å². The van der Waals surface area contributed by atoms with Crippen molar-refractivity contribution in [2.45, 2.75) is 38.6 Å². The molecule has 1 aromatic heterocycles. The third-order valence-electron chi connectivity index (χ3n) is 3.62. The Kier molecular flexibility index (Phi) is 5.88. The molecule has 1 fully saturated rings. The Bertz CT molecular complexity index is 358. The summed E-state index contributed by atoms with van der Waals surface area (Å²) < 4.78 is 1.89. The summed E-state index contributed by atoms with van der Waals surface area (Å²) in [7, 11) is 0. The van der Waals surface area contributed by atoms with Gasteiger partial charge in [-0.2, -0.15) is 5.10 Å². The number of aromatic nitrogens is 2. The van der Waals surface area contributed by atoms with Crippen LogP contribution in [0.4, 0.5) is 0 Å². The Hall–Kier alpha value is -1.36. The topological polar surface area (TPSA) is 59.0 Å². The van der Waals surface area contributed by atoms with E-state index in [2.05, 4.69) is 15.7 Å². The average molecular weight is 264 g/mol. The molecular weight excluding hydrogens is 240 g/mol. The molecule has 0 aromatic carbocycles. The maximum atomic E-state index is 11.7. The Morgan fingerprint density at radius 1 is 1.53 bits per heavy atom. The molecule has 106 valence electrons. The van der Waals surface area contributed by atoms with Gasteiger partial charge in [-0.05, 0) is 50.8 Å². The Morgan fingerprint density at radius 2 is 2.47 bits per heavy atom. The van der Waals surface area contributed by atoms with Crippen LogP contribution in [0.2, 0.25) is 0 Å². The molecule has 0 spiro atoms. The van der Waals surface area contributed by atoms with E-state index in [4.69, 9.17) is 0 Å². The molecule has 1 unspecified atom stereocenters. The van der Waals surface area contributed by atoms with E-state index in [1.165, 1.54) is 12.8 Å². The van der Waals surface area contributed by atoms with Crippen LogP contribution in [-0.4, -0.2) is 35.3 Å². The molecule has 0 radical (unpaired) electrons. The first-order chi connectivity index (χ1) is 9.34. The number of nitrogens with one attached hydrogen (secondary N) is 2. The van der Waals surface area contributed by atoms with Crippen molar-refractivity contribution in [1.29, 1.82) is 0 Å². The van der Waals surface area contributed by atoms with Crippen molar-refractivity contribution >= 4 is 5.91 Å². The molecule has 1 aromatic rings. The second-order valence-electron chi connectivity index (χ2n) is 5.22. The van der Waals surface area contributed by atoms with Crippen molar-refractivity contribution < 1.29 is 4.79 Å². The van der Waals surface area contributed by atoms with Gasteiger partial charge in [-0.15, -0.1) is 0 Å². The van der Waals surface area contributed by atoms with Crippen molar-refractivity contribution in [3.05, 3.63) is 18.5 Å². The number of rotatable bonds is 7. The van der Waals surface area contributed by atoms with Crippen molar-refractivity contribution in [1.82, 2.24) is 20.4 Å². The fraction of sp³-hybridized carbons (Fsp3) is 0.714. The largest absolute Gasteiger partial charge is 0.356 e. The van der Waals surface area contributed by atoms with Crippen LogP contribution in [-0.2, 0) is 11.3 Å². The highest BCUT2D eigenvalue weighted by Gasteiger charge is 2.14. The minimum absolute atomic E-state index is 0.186. The standard InChI is InChI=1S/C14H24N4O/c19-14(6-5-13-4-1-7-15-12-13)16-8-2-10-18-11-3-9-17-18/h3,9,11,13,15H,1-2,4-8,10,12H2,(H,16,19). The van der Waals surface area contributed by atoms with Gasteiger partial charge in [0.25, 0.3) is 0 Å². The first kappa shape index (κ1) is 14.1. The number of piperidine rings is 1. The van der Waals surface area contributed by atoms with Gasteiger partial charge in [0.05, 0.1) is 0 Å². The van der Waals surface area contributed by atoms with Gasteiger partial charge in [0.1, 0.15) is 0 Å². The fourth-order valence-electron chi connectivity index (χ4n) is 2.50. The second-order valence-corrected chi connectivity index (χ2v) is 5.22. The molecule has 0 bridgehead atoms. The lowest BCUT2D eigenvalue weighted by atomic mass is 9.94. The molecular formula is C14H24N4O. The molecule has 5 heteroatoms. The number of amides is 1. The third-order valence-corrected chi connectivity index (χ3v) is 3.62. The summed E-state index contributed by atoms with van der Waals surface area (Å²) in [5, 5.41) is 10.5. The van der Waals surface area contributed by atoms with Gasteiger partial charge < -0.3 is 10.6 Å². The average Bonchev–Trinajstić information content (AvgIpc) is 2.96. The molecule has 2 heterocycles. The number of carbonyl (C=O) groups excluding carboxylic acids is 1. The summed E-state index contributed by atoms with van der Waals surface area (Å²) in [6.07, 6.45) is 8.83. The zero-order valence-electron chi connectivity index (χ0n) is 11.5. The highest BCUT2D eigenvalue weighted by molar-refractivity contribution is 5.75. The van der Waals surface area contributed by atoms with E-state index in [1.54, 1.807) is 6.20 Å². The van der Waals surface area contributed by atoms with Gasteiger partial charge in [-0.1, -0.05) is 0 Å². The number of carbonyl (C=O) groups is 1. The Morgan fingerprint density at radius 3 is 3.21 bits per heavy atom. The summed E-state index contributed by atoms with van der Waals surface area (Å²) in [4.78, 5) is 11.7. The second kappa shape index (κ2) is 7.94. The lowest BCUT2D eigenvalue weighted by Gasteiger charge is -2.22. The monoisotopic (exact) mass is 264 g/mol. The summed E-state index contributed by atoms with van der Waals surface area (Å²) in [5.41, 5.74) is 0. The summed E-state index contributed by atoms with van der Waals surface area (Å²) in [6.45, 7) is 3.81. The predicted molar refractivity (Wildman–Crippen MR) is 74.7 cm³/mol. The molecule has 1 saturated heterocycles. The summed E-state index contributed by atoms with van der Waals surface area (Å²) in [6, 6.07) is 1.91. The highest BCUT2D eigenvalue weighted by atomic mass is 16.1. The van der Waals surface area contributed by atoms with Crippen molar-refractivity contribution in [3.8, 4) is 0 Å². The molecule has 19 heavy (non-hydrogen) atoms. The van der Waals surface area contributed by atoms with Crippen LogP contribution in [0.25, 0.3) is 0 Å². The normalized spacial score (nSPS) is 19.3. The molecule has 2 rings (SSSR count). The predicted octanol–water partition coefficient (Wildman–Crippen LogP) is 1.17. The van der Waals surface area contributed by atoms with E-state index in [-0.39, 0.29) is 5.91 Å². The third kappa shape index (κ3) is 5.42. The maximum Gasteiger partial charge on any atom is 0.220 e. The lowest BCUT2D eigenvalue weighted by molar-refractivity contribution is -0.121. The minimum atomic E-state index is 0.186. The first-order valence-electron chi connectivity index (χ1n) is 7.29. The SMILES string of the molecule is O=C(CCC1CCCNC1)NCCCn1cccn1. The van der Waals surface area contributed by atoms with E-state index in [1.807, 2.05) is 16.9 Å². The number of hydrogen-bond acceptors (Lipinski definition) is 3. The molecule has 0 saturated carbocycles. The summed E-state index contributed by atoms with van der Waals surface area (Å²) >= 11 is 0. The van der Waals surface area contributed by atoms with Gasteiger partial charge in [-0.25, -0.2) is 0 Å². The minimum Gasteiger partial charge on any atom is -0.356 e. The van der Waals surface area contributed by atoms with Crippen LogP contribution in [0.3, 0.4) is 0 Å². The molecule has 1 atom stereocenters. The molecule has 5 nitrogen and oxygen atoms in total. The first-order valence-corrected chi connectivity index (χ1v) is 7.29. The van der Waals surface area contributed by atoms with Crippen molar-refractivity contribution in [3.63, 3.8) is 0 Å². The molecule has 1 aliphatic heterocycles. The van der Waals surface area contributed by atoms with Crippen LogP contribution < -0.4 is 10.6 Å². The number of nitrogens with zero attached hydrogens (tertiary/aromatic N) is 2. The zero-order chi connectivity index (χ0) is 13.3. The van der Waals surface area contributed by atoms with Gasteiger partial charge >= 0.3 is 0 Å². The van der Waals surface area contributed by atoms with Gasteiger partial charge in [0, 0.05) is 31.9 Å².